The second kappa shape index (κ2) is 4.54. The van der Waals surface area contributed by atoms with E-state index in [1.165, 1.54) is 6.42 Å². The summed E-state index contributed by atoms with van der Waals surface area (Å²) >= 11 is 6.05. The molecule has 16 heavy (non-hydrogen) atoms. The SMILES string of the molecule is CC1CC(C)CN(c2cccc(Cl)c2N)C1. The number of benzene rings is 1. The largest absolute Gasteiger partial charge is 0.396 e. The van der Waals surface area contributed by atoms with Crippen molar-refractivity contribution in [3.05, 3.63) is 23.2 Å². The average molecular weight is 239 g/mol. The lowest BCUT2D eigenvalue weighted by Gasteiger charge is -2.37. The third kappa shape index (κ3) is 2.27. The Morgan fingerprint density at radius 3 is 2.50 bits per heavy atom. The molecule has 0 aromatic heterocycles. The Hall–Kier alpha value is -0.890. The third-order valence-electron chi connectivity index (χ3n) is 3.24. The minimum absolute atomic E-state index is 0.656. The fourth-order valence-corrected chi connectivity index (χ4v) is 2.83. The van der Waals surface area contributed by atoms with E-state index in [0.29, 0.717) is 10.7 Å². The second-order valence-corrected chi connectivity index (χ2v) is 5.43. The van der Waals surface area contributed by atoms with E-state index in [4.69, 9.17) is 17.3 Å². The number of piperidine rings is 1. The van der Waals surface area contributed by atoms with E-state index in [-0.39, 0.29) is 0 Å². The first-order chi connectivity index (χ1) is 7.58. The van der Waals surface area contributed by atoms with Crippen LogP contribution in [0, 0.1) is 11.8 Å². The summed E-state index contributed by atoms with van der Waals surface area (Å²) in [5, 5.41) is 0.656. The molecule has 1 fully saturated rings. The van der Waals surface area contributed by atoms with Gasteiger partial charge in [0.25, 0.3) is 0 Å². The van der Waals surface area contributed by atoms with Gasteiger partial charge in [-0.3, -0.25) is 0 Å². The van der Waals surface area contributed by atoms with Gasteiger partial charge in [0.15, 0.2) is 0 Å². The predicted molar refractivity (Wildman–Crippen MR) is 71.0 cm³/mol. The molecule has 2 unspecified atom stereocenters. The zero-order chi connectivity index (χ0) is 11.7. The fourth-order valence-electron chi connectivity index (χ4n) is 2.66. The minimum Gasteiger partial charge on any atom is -0.396 e. The molecule has 0 spiro atoms. The number of anilines is 2. The lowest BCUT2D eigenvalue weighted by molar-refractivity contribution is 0.357. The topological polar surface area (TPSA) is 29.3 Å². The van der Waals surface area contributed by atoms with Crippen LogP contribution in [-0.2, 0) is 0 Å². The molecule has 2 atom stereocenters. The number of nitrogens with zero attached hydrogens (tertiary/aromatic N) is 1. The van der Waals surface area contributed by atoms with Crippen molar-refractivity contribution in [2.45, 2.75) is 20.3 Å². The summed E-state index contributed by atoms with van der Waals surface area (Å²) in [4.78, 5) is 2.36. The normalized spacial score (nSPS) is 25.8. The maximum Gasteiger partial charge on any atom is 0.0741 e. The van der Waals surface area contributed by atoms with Crippen LogP contribution in [0.25, 0.3) is 0 Å². The van der Waals surface area contributed by atoms with Crippen molar-refractivity contribution in [1.82, 2.24) is 0 Å². The van der Waals surface area contributed by atoms with Crippen molar-refractivity contribution >= 4 is 23.0 Å². The lowest BCUT2D eigenvalue weighted by Crippen LogP contribution is -2.39. The van der Waals surface area contributed by atoms with Crippen LogP contribution in [0.3, 0.4) is 0 Å². The van der Waals surface area contributed by atoms with Gasteiger partial charge < -0.3 is 10.6 Å². The van der Waals surface area contributed by atoms with Crippen molar-refractivity contribution < 1.29 is 0 Å². The molecule has 1 aliphatic heterocycles. The van der Waals surface area contributed by atoms with Gasteiger partial charge in [0.05, 0.1) is 16.4 Å². The summed E-state index contributed by atoms with van der Waals surface area (Å²) in [5.74, 6) is 1.45. The number of hydrogen-bond donors (Lipinski definition) is 1. The maximum atomic E-state index is 6.05. The fraction of sp³-hybridized carbons (Fsp3) is 0.538. The van der Waals surface area contributed by atoms with Crippen molar-refractivity contribution in [3.63, 3.8) is 0 Å². The number of halogens is 1. The van der Waals surface area contributed by atoms with Crippen LogP contribution < -0.4 is 10.6 Å². The molecular formula is C13H19ClN2. The first-order valence-corrected chi connectivity index (χ1v) is 6.24. The molecule has 1 aromatic rings. The van der Waals surface area contributed by atoms with E-state index >= 15 is 0 Å². The summed E-state index contributed by atoms with van der Waals surface area (Å²) in [6.07, 6.45) is 1.30. The molecule has 0 radical (unpaired) electrons. The molecule has 1 aliphatic rings. The minimum atomic E-state index is 0.656. The molecule has 0 amide bonds. The van der Waals surface area contributed by atoms with Gasteiger partial charge in [0.2, 0.25) is 0 Å². The van der Waals surface area contributed by atoms with E-state index in [1.54, 1.807) is 0 Å². The van der Waals surface area contributed by atoms with E-state index in [9.17, 15) is 0 Å². The van der Waals surface area contributed by atoms with Gasteiger partial charge in [-0.2, -0.15) is 0 Å². The van der Waals surface area contributed by atoms with Crippen LogP contribution in [0.2, 0.25) is 5.02 Å². The molecule has 0 bridgehead atoms. The quantitative estimate of drug-likeness (QED) is 0.760. The van der Waals surface area contributed by atoms with Gasteiger partial charge in [-0.25, -0.2) is 0 Å². The third-order valence-corrected chi connectivity index (χ3v) is 3.57. The lowest BCUT2D eigenvalue weighted by atomic mass is 9.91. The number of nitrogens with two attached hydrogens (primary N) is 1. The monoisotopic (exact) mass is 238 g/mol. The van der Waals surface area contributed by atoms with Crippen LogP contribution in [-0.4, -0.2) is 13.1 Å². The predicted octanol–water partition coefficient (Wildman–Crippen LogP) is 3.40. The molecule has 0 aliphatic carbocycles. The Bertz CT molecular complexity index is 368. The zero-order valence-electron chi connectivity index (χ0n) is 9.91. The summed E-state index contributed by atoms with van der Waals surface area (Å²) in [6, 6.07) is 5.88. The molecule has 2 nitrogen and oxygen atoms in total. The van der Waals surface area contributed by atoms with Crippen molar-refractivity contribution in [3.8, 4) is 0 Å². The maximum absolute atomic E-state index is 6.05. The molecule has 2 N–H and O–H groups in total. The van der Waals surface area contributed by atoms with Crippen LogP contribution in [0.4, 0.5) is 11.4 Å². The van der Waals surface area contributed by atoms with Gasteiger partial charge in [-0.15, -0.1) is 0 Å². The van der Waals surface area contributed by atoms with E-state index in [1.807, 2.05) is 12.1 Å². The highest BCUT2D eigenvalue weighted by Crippen LogP contribution is 2.33. The molecule has 3 heteroatoms. The molecule has 2 rings (SSSR count). The Balaban J connectivity index is 2.26. The van der Waals surface area contributed by atoms with E-state index in [2.05, 4.69) is 24.8 Å². The van der Waals surface area contributed by atoms with Crippen molar-refractivity contribution in [1.29, 1.82) is 0 Å². The molecule has 1 aromatic carbocycles. The first-order valence-electron chi connectivity index (χ1n) is 5.87. The second-order valence-electron chi connectivity index (χ2n) is 5.02. The number of hydrogen-bond acceptors (Lipinski definition) is 2. The van der Waals surface area contributed by atoms with Gasteiger partial charge in [0.1, 0.15) is 0 Å². The van der Waals surface area contributed by atoms with Crippen LogP contribution in [0.1, 0.15) is 20.3 Å². The zero-order valence-corrected chi connectivity index (χ0v) is 10.7. The molecule has 1 heterocycles. The Morgan fingerprint density at radius 1 is 1.25 bits per heavy atom. The molecule has 0 saturated carbocycles. The molecular weight excluding hydrogens is 220 g/mol. The van der Waals surface area contributed by atoms with Crippen molar-refractivity contribution in [2.75, 3.05) is 23.7 Å². The highest BCUT2D eigenvalue weighted by Gasteiger charge is 2.23. The summed E-state index contributed by atoms with van der Waals surface area (Å²) in [7, 11) is 0. The van der Waals surface area contributed by atoms with E-state index in [0.717, 1.165) is 30.6 Å². The summed E-state index contributed by atoms with van der Waals surface area (Å²) in [5.41, 5.74) is 7.83. The first kappa shape index (κ1) is 11.6. The Labute approximate surface area is 102 Å². The van der Waals surface area contributed by atoms with Gasteiger partial charge in [0, 0.05) is 13.1 Å². The number of nitrogen functional groups attached to an aromatic ring is 1. The standard InChI is InChI=1S/C13H19ClN2/c1-9-6-10(2)8-16(7-9)12-5-3-4-11(14)13(12)15/h3-5,9-10H,6-8,15H2,1-2H3. The van der Waals surface area contributed by atoms with Gasteiger partial charge in [-0.1, -0.05) is 31.5 Å². The highest BCUT2D eigenvalue weighted by molar-refractivity contribution is 6.33. The molecule has 88 valence electrons. The average Bonchev–Trinajstić information content (AvgIpc) is 2.20. The summed E-state index contributed by atoms with van der Waals surface area (Å²) in [6.45, 7) is 6.75. The Morgan fingerprint density at radius 2 is 1.88 bits per heavy atom. The number of rotatable bonds is 1. The van der Waals surface area contributed by atoms with Gasteiger partial charge >= 0.3 is 0 Å². The van der Waals surface area contributed by atoms with E-state index < -0.39 is 0 Å². The van der Waals surface area contributed by atoms with Crippen LogP contribution in [0.5, 0.6) is 0 Å². The van der Waals surface area contributed by atoms with Crippen LogP contribution >= 0.6 is 11.6 Å². The Kier molecular flexibility index (Phi) is 3.29. The highest BCUT2D eigenvalue weighted by atomic mass is 35.5. The van der Waals surface area contributed by atoms with Crippen LogP contribution in [0.15, 0.2) is 18.2 Å². The number of para-hydroxylation sites is 1. The molecule has 1 saturated heterocycles. The van der Waals surface area contributed by atoms with Gasteiger partial charge in [-0.05, 0) is 30.4 Å². The van der Waals surface area contributed by atoms with Crippen molar-refractivity contribution in [2.24, 2.45) is 11.8 Å². The summed E-state index contributed by atoms with van der Waals surface area (Å²) < 4.78 is 0. The smallest absolute Gasteiger partial charge is 0.0741 e.